The van der Waals surface area contributed by atoms with E-state index in [2.05, 4.69) is 37.2 Å². The van der Waals surface area contributed by atoms with Crippen molar-refractivity contribution in [1.29, 1.82) is 0 Å². The van der Waals surface area contributed by atoms with E-state index in [0.717, 1.165) is 16.3 Å². The molecule has 0 bridgehead atoms. The Morgan fingerprint density at radius 3 is 2.30 bits per heavy atom. The molecule has 13 heteroatoms. The fraction of sp³-hybridized carbons (Fsp3) is 0.294. The van der Waals surface area contributed by atoms with Crippen molar-refractivity contribution in [3.05, 3.63) is 88.4 Å². The zero-order valence-electron chi connectivity index (χ0n) is 24.8. The number of fused-ring (bicyclic) bond motifs is 4. The molecule has 7 rings (SSSR count). The molecule has 1 saturated carbocycles. The largest absolute Gasteiger partial charge is 0.503 e. The first-order valence-electron chi connectivity index (χ1n) is 14.8. The van der Waals surface area contributed by atoms with Crippen LogP contribution in [0.15, 0.2) is 82.9 Å². The fourth-order valence-electron chi connectivity index (χ4n) is 7.68. The minimum atomic E-state index is -1.97. The molecule has 242 valence electrons. The molecular weight excluding hydrogens is 777 g/mol. The number of phenols is 1. The van der Waals surface area contributed by atoms with Gasteiger partial charge >= 0.3 is 0 Å². The van der Waals surface area contributed by atoms with E-state index in [9.17, 15) is 24.3 Å². The van der Waals surface area contributed by atoms with Crippen LogP contribution in [0.4, 0.5) is 17.1 Å². The minimum Gasteiger partial charge on any atom is -0.503 e. The number of imide groups is 2. The topological polar surface area (TPSA) is 116 Å². The molecule has 6 atom stereocenters. The fourth-order valence-corrected chi connectivity index (χ4v) is 9.56. The molecule has 2 saturated heterocycles. The second-order valence-electron chi connectivity index (χ2n) is 12.1. The van der Waals surface area contributed by atoms with Crippen LogP contribution in [0.5, 0.6) is 11.5 Å². The number of alkyl halides is 3. The summed E-state index contributed by atoms with van der Waals surface area (Å²) in [5.74, 6) is -5.35. The van der Waals surface area contributed by atoms with E-state index in [-0.39, 0.29) is 40.2 Å². The van der Waals surface area contributed by atoms with Gasteiger partial charge in [0.05, 0.1) is 34.6 Å². The summed E-state index contributed by atoms with van der Waals surface area (Å²) < 4.78 is 5.68. The van der Waals surface area contributed by atoms with Crippen LogP contribution >= 0.6 is 55.1 Å². The number of carbonyl (C=O) groups excluding carboxylic acids is 4. The number of phenolic OH excluding ortho intramolecular Hbond substituents is 1. The standard InChI is InChI=1S/C34H27Br2Cl2N3O6/c1-47-25-14-17(13-24(36)28(25)42)27-21-11-12-22-26(23(21)15-33(37)31(45)40(16-35)32(46)34(27,33)38)30(44)41(29(22)43)20-9-7-19(8-10-20)39-18-5-3-2-4-6-18/h2-11,13-14,22-23,26-27,39,42H,12,15-16H2,1H3/t22-,23+,26-,27-,33+,34-/m0/s1. The van der Waals surface area contributed by atoms with Gasteiger partial charge in [-0.3, -0.25) is 29.0 Å². The Balaban J connectivity index is 1.30. The third-order valence-corrected chi connectivity index (χ3v) is 12.3. The van der Waals surface area contributed by atoms with Crippen molar-refractivity contribution in [3.63, 3.8) is 0 Å². The first-order valence-corrected chi connectivity index (χ1v) is 17.5. The average Bonchev–Trinajstić information content (AvgIpc) is 3.40. The summed E-state index contributed by atoms with van der Waals surface area (Å²) in [6, 6.07) is 19.8. The van der Waals surface area contributed by atoms with Gasteiger partial charge in [-0.15, -0.1) is 23.2 Å². The maximum Gasteiger partial charge on any atom is 0.254 e. The molecule has 4 amide bonds. The van der Waals surface area contributed by atoms with Crippen LogP contribution in [0.3, 0.4) is 0 Å². The number of benzene rings is 3. The first-order chi connectivity index (χ1) is 22.5. The Labute approximate surface area is 297 Å². The maximum absolute atomic E-state index is 14.3. The number of nitrogens with one attached hydrogen (secondary N) is 1. The van der Waals surface area contributed by atoms with Crippen LogP contribution in [-0.2, 0) is 19.2 Å². The zero-order valence-corrected chi connectivity index (χ0v) is 29.4. The summed E-state index contributed by atoms with van der Waals surface area (Å²) in [7, 11) is 1.39. The number of amides is 4. The van der Waals surface area contributed by atoms with Gasteiger partial charge < -0.3 is 15.2 Å². The monoisotopic (exact) mass is 801 g/mol. The molecule has 9 nitrogen and oxygen atoms in total. The molecule has 0 radical (unpaired) electrons. The molecule has 2 N–H and O–H groups in total. The zero-order chi connectivity index (χ0) is 33.4. The number of halogens is 4. The Morgan fingerprint density at radius 1 is 0.957 bits per heavy atom. The third kappa shape index (κ3) is 4.60. The normalized spacial score (nSPS) is 29.8. The number of ether oxygens (including phenoxy) is 1. The molecule has 0 aromatic heterocycles. The summed E-state index contributed by atoms with van der Waals surface area (Å²) >= 11 is 21.2. The molecule has 2 aliphatic carbocycles. The van der Waals surface area contributed by atoms with Gasteiger partial charge in [0.25, 0.3) is 11.8 Å². The van der Waals surface area contributed by atoms with Gasteiger partial charge in [-0.1, -0.05) is 45.8 Å². The van der Waals surface area contributed by atoms with E-state index >= 15 is 0 Å². The van der Waals surface area contributed by atoms with Crippen molar-refractivity contribution in [2.75, 3.05) is 22.8 Å². The molecule has 3 fully saturated rings. The van der Waals surface area contributed by atoms with Crippen LogP contribution in [-0.4, -0.2) is 55.9 Å². The van der Waals surface area contributed by atoms with Gasteiger partial charge in [0, 0.05) is 17.3 Å². The lowest BCUT2D eigenvalue weighted by molar-refractivity contribution is -0.138. The van der Waals surface area contributed by atoms with E-state index in [4.69, 9.17) is 27.9 Å². The summed E-state index contributed by atoms with van der Waals surface area (Å²) in [6.45, 7) is 0. The number of para-hydroxylation sites is 1. The highest BCUT2D eigenvalue weighted by Gasteiger charge is 2.76. The van der Waals surface area contributed by atoms with Crippen LogP contribution < -0.4 is 15.0 Å². The highest BCUT2D eigenvalue weighted by atomic mass is 79.9. The van der Waals surface area contributed by atoms with Gasteiger partial charge in [0.1, 0.15) is 0 Å². The molecule has 2 aliphatic heterocycles. The molecular formula is C34H27Br2Cl2N3O6. The van der Waals surface area contributed by atoms with E-state index in [1.54, 1.807) is 36.4 Å². The van der Waals surface area contributed by atoms with Gasteiger partial charge in [0.2, 0.25) is 11.8 Å². The van der Waals surface area contributed by atoms with E-state index in [1.165, 1.54) is 12.0 Å². The molecule has 4 aliphatic rings. The third-order valence-electron chi connectivity index (χ3n) is 9.81. The van der Waals surface area contributed by atoms with Gasteiger partial charge in [-0.2, -0.15) is 0 Å². The summed E-state index contributed by atoms with van der Waals surface area (Å²) in [5, 5.41) is 13.9. The summed E-state index contributed by atoms with van der Waals surface area (Å²) in [4.78, 5) is 54.4. The number of hydrogen-bond donors (Lipinski definition) is 2. The van der Waals surface area contributed by atoms with Crippen molar-refractivity contribution in [3.8, 4) is 11.5 Å². The van der Waals surface area contributed by atoms with Crippen molar-refractivity contribution in [2.24, 2.45) is 17.8 Å². The predicted octanol–water partition coefficient (Wildman–Crippen LogP) is 6.82. The number of anilines is 3. The van der Waals surface area contributed by atoms with Crippen molar-refractivity contribution < 1.29 is 29.0 Å². The number of likely N-dealkylation sites (tertiary alicyclic amines) is 1. The van der Waals surface area contributed by atoms with Crippen molar-refractivity contribution >= 4 is 95.8 Å². The Hall–Kier alpha value is -3.38. The van der Waals surface area contributed by atoms with Gasteiger partial charge in [0.15, 0.2) is 21.2 Å². The van der Waals surface area contributed by atoms with Crippen molar-refractivity contribution in [1.82, 2.24) is 4.90 Å². The Kier molecular flexibility index (Phi) is 7.97. The summed E-state index contributed by atoms with van der Waals surface area (Å²) in [6.07, 6.45) is 1.96. The predicted molar refractivity (Wildman–Crippen MR) is 184 cm³/mol. The average molecular weight is 804 g/mol. The lowest BCUT2D eigenvalue weighted by Gasteiger charge is -2.50. The quantitative estimate of drug-likeness (QED) is 0.122. The number of allylic oxidation sites excluding steroid dienone is 2. The van der Waals surface area contributed by atoms with Crippen LogP contribution in [0, 0.1) is 17.8 Å². The van der Waals surface area contributed by atoms with E-state index in [1.807, 2.05) is 36.4 Å². The molecule has 2 heterocycles. The lowest BCUT2D eigenvalue weighted by Crippen LogP contribution is -2.60. The second kappa shape index (κ2) is 11.6. The maximum atomic E-state index is 14.3. The SMILES string of the molecule is COc1cc([C@H]2C3=CC[C@@H]4C(=O)N(c5ccc(Nc6ccccc6)cc5)C(=O)[C@@H]4[C@@H]3C[C@@]3(Cl)C(=O)N(CBr)C(=O)[C@@]23Cl)cc(Br)c1O. The molecule has 47 heavy (non-hydrogen) atoms. The molecule has 0 unspecified atom stereocenters. The molecule has 3 aromatic rings. The van der Waals surface area contributed by atoms with Gasteiger partial charge in [-0.25, -0.2) is 0 Å². The highest BCUT2D eigenvalue weighted by Crippen LogP contribution is 2.66. The Bertz CT molecular complexity index is 1880. The Morgan fingerprint density at radius 2 is 1.64 bits per heavy atom. The van der Waals surface area contributed by atoms with Crippen LogP contribution in [0.1, 0.15) is 24.3 Å². The number of nitrogens with zero attached hydrogens (tertiary/aromatic N) is 2. The highest BCUT2D eigenvalue weighted by molar-refractivity contribution is 9.10. The number of aromatic hydroxyl groups is 1. The van der Waals surface area contributed by atoms with Crippen molar-refractivity contribution in [2.45, 2.75) is 28.5 Å². The summed E-state index contributed by atoms with van der Waals surface area (Å²) in [5.41, 5.74) is 3.08. The lowest BCUT2D eigenvalue weighted by atomic mass is 9.56. The number of rotatable bonds is 6. The number of hydrogen-bond acceptors (Lipinski definition) is 7. The number of methoxy groups -OCH3 is 1. The van der Waals surface area contributed by atoms with Crippen LogP contribution in [0.2, 0.25) is 0 Å². The van der Waals surface area contributed by atoms with E-state index in [0.29, 0.717) is 16.8 Å². The number of carbonyl (C=O) groups is 4. The van der Waals surface area contributed by atoms with Crippen LogP contribution in [0.25, 0.3) is 0 Å². The first kappa shape index (κ1) is 32.2. The minimum absolute atomic E-state index is 0.115. The smallest absolute Gasteiger partial charge is 0.254 e. The van der Waals surface area contributed by atoms with Gasteiger partial charge in [-0.05, 0) is 88.8 Å². The van der Waals surface area contributed by atoms with E-state index < -0.39 is 51.1 Å². The molecule has 0 spiro atoms. The second-order valence-corrected chi connectivity index (χ2v) is 14.7. The molecule has 3 aromatic carbocycles.